The molecule has 122 valence electrons. The van der Waals surface area contributed by atoms with Crippen LogP contribution in [-0.2, 0) is 12.8 Å². The number of carbonyl (C=O) groups excluding carboxylic acids is 1. The smallest absolute Gasteiger partial charge is 0.289 e. The maximum atomic E-state index is 11.8. The molecule has 1 heterocycles. The molecule has 5 heteroatoms. The molecule has 3 aromatic rings. The summed E-state index contributed by atoms with van der Waals surface area (Å²) in [4.78, 5) is 28.7. The van der Waals surface area contributed by atoms with Crippen LogP contribution in [0.2, 0.25) is 5.02 Å². The second kappa shape index (κ2) is 6.97. The number of hydrogen-bond donors (Lipinski definition) is 1. The van der Waals surface area contributed by atoms with E-state index in [4.69, 9.17) is 11.6 Å². The quantitative estimate of drug-likeness (QED) is 0.568. The molecule has 0 saturated carbocycles. The number of aromatic nitrogens is 2. The van der Waals surface area contributed by atoms with Crippen LogP contribution in [0.15, 0.2) is 47.3 Å². The van der Waals surface area contributed by atoms with E-state index in [1.165, 1.54) is 6.29 Å². The van der Waals surface area contributed by atoms with Gasteiger partial charge in [-0.25, -0.2) is 4.98 Å². The molecule has 1 unspecified atom stereocenters. The molecule has 24 heavy (non-hydrogen) atoms. The summed E-state index contributed by atoms with van der Waals surface area (Å²) in [6, 6.07) is 13.2. The number of benzene rings is 2. The first-order chi connectivity index (χ1) is 11.6. The molecule has 0 amide bonds. The predicted molar refractivity (Wildman–Crippen MR) is 97.6 cm³/mol. The maximum Gasteiger partial charge on any atom is 0.289 e. The van der Waals surface area contributed by atoms with Crippen LogP contribution < -0.4 is 5.56 Å². The van der Waals surface area contributed by atoms with Crippen molar-refractivity contribution in [2.75, 3.05) is 0 Å². The van der Waals surface area contributed by atoms with Crippen LogP contribution in [0, 0.1) is 0 Å². The summed E-state index contributed by atoms with van der Waals surface area (Å²) in [5, 5.41) is 0.668. The second-order valence-electron chi connectivity index (χ2n) is 5.73. The lowest BCUT2D eigenvalue weighted by Gasteiger charge is -2.10. The molecule has 3 rings (SSSR count). The number of rotatable bonds is 5. The van der Waals surface area contributed by atoms with Gasteiger partial charge in [0.2, 0.25) is 0 Å². The van der Waals surface area contributed by atoms with E-state index in [-0.39, 0.29) is 11.5 Å². The standard InChI is InChI=1S/C19H17ClN2O2/c1-2-16-19(24)22-17-8-3-12(10-18(17)21-16)9-14(11-23)13-4-6-15(20)7-5-13/h3-8,10-11,14H,2,9H2,1H3,(H,22,24)/p+1. The molecule has 0 spiro atoms. The summed E-state index contributed by atoms with van der Waals surface area (Å²) < 4.78 is 0. The molecule has 1 aromatic heterocycles. The van der Waals surface area contributed by atoms with Crippen molar-refractivity contribution in [2.24, 2.45) is 0 Å². The van der Waals surface area contributed by atoms with Crippen molar-refractivity contribution >= 4 is 28.9 Å². The molecular formula is C19H18ClN2O2+. The fourth-order valence-corrected chi connectivity index (χ4v) is 2.88. The Morgan fingerprint density at radius 1 is 1.25 bits per heavy atom. The number of aldehydes is 1. The largest absolute Gasteiger partial charge is 0.319 e. The van der Waals surface area contributed by atoms with Gasteiger partial charge in [0.05, 0.1) is 17.0 Å². The molecule has 0 radical (unpaired) electrons. The van der Waals surface area contributed by atoms with Crippen molar-refractivity contribution in [3.05, 3.63) is 74.7 Å². The van der Waals surface area contributed by atoms with E-state index in [9.17, 15) is 9.59 Å². The zero-order valence-electron chi connectivity index (χ0n) is 13.3. The Balaban J connectivity index is 1.93. The van der Waals surface area contributed by atoms with Gasteiger partial charge in [0.15, 0.2) is 0 Å². The van der Waals surface area contributed by atoms with Gasteiger partial charge in [-0.1, -0.05) is 36.7 Å². The van der Waals surface area contributed by atoms with Crippen LogP contribution in [0.3, 0.4) is 0 Å². The second-order valence-corrected chi connectivity index (χ2v) is 6.17. The zero-order chi connectivity index (χ0) is 17.1. The minimum Gasteiger partial charge on any atom is -0.319 e. The normalized spacial score (nSPS) is 12.2. The summed E-state index contributed by atoms with van der Waals surface area (Å²) >= 11 is 5.92. The van der Waals surface area contributed by atoms with Gasteiger partial charge in [0.1, 0.15) is 5.69 Å². The van der Waals surface area contributed by atoms with Crippen molar-refractivity contribution in [1.82, 2.24) is 9.97 Å². The molecule has 0 aliphatic rings. The maximum absolute atomic E-state index is 11.8. The molecule has 1 atom stereocenters. The minimum absolute atomic E-state index is 0.131. The van der Waals surface area contributed by atoms with Crippen molar-refractivity contribution in [3.63, 3.8) is 0 Å². The average molecular weight is 342 g/mol. The van der Waals surface area contributed by atoms with Crippen LogP contribution in [0.4, 0.5) is 0 Å². The minimum atomic E-state index is -0.138. The van der Waals surface area contributed by atoms with Crippen molar-refractivity contribution < 1.29 is 4.79 Å². The van der Waals surface area contributed by atoms with E-state index in [0.29, 0.717) is 23.6 Å². The van der Waals surface area contributed by atoms with Gasteiger partial charge < -0.3 is 4.98 Å². The Morgan fingerprint density at radius 2 is 2.00 bits per heavy atom. The number of H-pyrrole nitrogens is 1. The lowest BCUT2D eigenvalue weighted by atomic mass is 9.93. The number of aryl methyl sites for hydroxylation is 1. The van der Waals surface area contributed by atoms with Crippen molar-refractivity contribution in [2.45, 2.75) is 25.7 Å². The summed E-state index contributed by atoms with van der Waals surface area (Å²) in [5.41, 5.74) is 3.90. The fourth-order valence-electron chi connectivity index (χ4n) is 2.75. The highest BCUT2D eigenvalue weighted by molar-refractivity contribution is 6.30. The highest BCUT2D eigenvalue weighted by Gasteiger charge is 2.15. The highest BCUT2D eigenvalue weighted by atomic mass is 35.5. The Labute approximate surface area is 144 Å². The van der Waals surface area contributed by atoms with Gasteiger partial charge in [-0.05, 0) is 48.2 Å². The molecule has 0 aliphatic heterocycles. The lowest BCUT2D eigenvalue weighted by molar-refractivity contribution is 0.660. The van der Waals surface area contributed by atoms with E-state index >= 15 is 0 Å². The van der Waals surface area contributed by atoms with Crippen molar-refractivity contribution in [3.8, 4) is 0 Å². The third-order valence-corrected chi connectivity index (χ3v) is 4.35. The Kier molecular flexibility index (Phi) is 4.76. The summed E-state index contributed by atoms with van der Waals surface area (Å²) in [6.45, 7) is 1.91. The molecule has 0 aliphatic carbocycles. The van der Waals surface area contributed by atoms with Crippen molar-refractivity contribution in [1.29, 1.82) is 0 Å². The SMILES string of the molecule is CCc1nc2cc(CC(C=[OH+])c3ccc(Cl)cc3)ccc2[nH]c1=O. The van der Waals surface area contributed by atoms with Gasteiger partial charge >= 0.3 is 0 Å². The Morgan fingerprint density at radius 3 is 2.67 bits per heavy atom. The van der Waals surface area contributed by atoms with E-state index in [1.807, 2.05) is 49.4 Å². The highest BCUT2D eigenvalue weighted by Crippen LogP contribution is 2.22. The fraction of sp³-hybridized carbons (Fsp3) is 0.211. The zero-order valence-corrected chi connectivity index (χ0v) is 14.0. The third kappa shape index (κ3) is 3.39. The van der Waals surface area contributed by atoms with Crippen LogP contribution in [0.1, 0.15) is 29.7 Å². The number of nitrogens with zero attached hydrogens (tertiary/aromatic N) is 1. The molecule has 0 bridgehead atoms. The summed E-state index contributed by atoms with van der Waals surface area (Å²) in [6.07, 6.45) is 2.43. The van der Waals surface area contributed by atoms with E-state index in [0.717, 1.165) is 22.2 Å². The number of halogens is 1. The summed E-state index contributed by atoms with van der Waals surface area (Å²) in [5.74, 6) is -0.131. The molecule has 2 aromatic carbocycles. The summed E-state index contributed by atoms with van der Waals surface area (Å²) in [7, 11) is 0. The van der Waals surface area contributed by atoms with Gasteiger partial charge in [-0.3, -0.25) is 9.59 Å². The average Bonchev–Trinajstić information content (AvgIpc) is 2.60. The Hall–Kier alpha value is -2.46. The van der Waals surface area contributed by atoms with E-state index in [2.05, 4.69) is 9.97 Å². The predicted octanol–water partition coefficient (Wildman–Crippen LogP) is 3.64. The monoisotopic (exact) mass is 341 g/mol. The number of aromatic amines is 1. The molecular weight excluding hydrogens is 324 g/mol. The van der Waals surface area contributed by atoms with Crippen LogP contribution in [0.25, 0.3) is 11.0 Å². The number of hydrogen-bond acceptors (Lipinski definition) is 2. The van der Waals surface area contributed by atoms with Gasteiger partial charge in [-0.2, -0.15) is 0 Å². The van der Waals surface area contributed by atoms with Gasteiger partial charge in [0, 0.05) is 5.02 Å². The van der Waals surface area contributed by atoms with Gasteiger partial charge in [-0.15, -0.1) is 0 Å². The molecule has 2 N–H and O–H groups in total. The molecule has 4 nitrogen and oxygen atoms in total. The third-order valence-electron chi connectivity index (χ3n) is 4.10. The first-order valence-corrected chi connectivity index (χ1v) is 8.23. The first-order valence-electron chi connectivity index (χ1n) is 7.85. The molecule has 0 saturated heterocycles. The van der Waals surface area contributed by atoms with Crippen LogP contribution in [-0.4, -0.2) is 21.0 Å². The topological polar surface area (TPSA) is 67.2 Å². The van der Waals surface area contributed by atoms with E-state index in [1.54, 1.807) is 0 Å². The van der Waals surface area contributed by atoms with Gasteiger partial charge in [0.25, 0.3) is 11.8 Å². The number of fused-ring (bicyclic) bond motifs is 1. The van der Waals surface area contributed by atoms with Crippen LogP contribution >= 0.6 is 11.6 Å². The van der Waals surface area contributed by atoms with Crippen LogP contribution in [0.5, 0.6) is 0 Å². The molecule has 0 fully saturated rings. The Bertz CT molecular complexity index is 932. The first kappa shape index (κ1) is 16.4. The van der Waals surface area contributed by atoms with E-state index < -0.39 is 0 Å². The lowest BCUT2D eigenvalue weighted by Crippen LogP contribution is -2.14. The number of nitrogens with one attached hydrogen (secondary N) is 1.